The molecule has 0 amide bonds. The fourth-order valence-corrected chi connectivity index (χ4v) is 3.41. The maximum absolute atomic E-state index is 12.3. The highest BCUT2D eigenvalue weighted by molar-refractivity contribution is 5.27. The van der Waals surface area contributed by atoms with Crippen LogP contribution in [0.25, 0.3) is 0 Å². The third-order valence-corrected chi connectivity index (χ3v) is 4.82. The summed E-state index contributed by atoms with van der Waals surface area (Å²) in [4.78, 5) is 13.7. The maximum Gasteiger partial charge on any atom is 0.227 e. The van der Waals surface area contributed by atoms with Crippen LogP contribution in [0.3, 0.4) is 0 Å². The Balaban J connectivity index is 1.39. The van der Waals surface area contributed by atoms with Gasteiger partial charge in [-0.1, -0.05) is 54.6 Å². The standard InChI is InChI=1S/C22H21NO3/c24-21-12-20(14-23-11-10-18-8-4-5-9-19(18)13-23)25-16-22(21)26-15-17-6-2-1-3-7-17/h1-9,12,16H,10-11,13-15H2/p+1. The second-order valence-corrected chi connectivity index (χ2v) is 6.72. The molecule has 0 fully saturated rings. The maximum atomic E-state index is 12.3. The van der Waals surface area contributed by atoms with E-state index in [4.69, 9.17) is 9.15 Å². The van der Waals surface area contributed by atoms with Crippen LogP contribution in [0.15, 0.2) is 76.1 Å². The van der Waals surface area contributed by atoms with Gasteiger partial charge in [0.25, 0.3) is 0 Å². The third kappa shape index (κ3) is 3.86. The van der Waals surface area contributed by atoms with Crippen LogP contribution in [0.4, 0.5) is 0 Å². The molecule has 0 spiro atoms. The molecule has 1 aliphatic rings. The molecule has 4 rings (SSSR count). The summed E-state index contributed by atoms with van der Waals surface area (Å²) in [5.41, 5.74) is 3.72. The summed E-state index contributed by atoms with van der Waals surface area (Å²) in [6.45, 7) is 3.08. The van der Waals surface area contributed by atoms with Crippen LogP contribution >= 0.6 is 0 Å². The number of rotatable bonds is 5. The molecule has 1 unspecified atom stereocenters. The Kier molecular flexibility index (Phi) is 4.84. The van der Waals surface area contributed by atoms with Crippen molar-refractivity contribution in [3.8, 4) is 5.75 Å². The van der Waals surface area contributed by atoms with Gasteiger partial charge in [0.1, 0.15) is 26.0 Å². The zero-order chi connectivity index (χ0) is 17.8. The van der Waals surface area contributed by atoms with Crippen LogP contribution < -0.4 is 15.1 Å². The molecule has 0 bridgehead atoms. The first-order valence-electron chi connectivity index (χ1n) is 8.97. The van der Waals surface area contributed by atoms with Gasteiger partial charge >= 0.3 is 0 Å². The summed E-state index contributed by atoms with van der Waals surface area (Å²) in [6.07, 6.45) is 2.51. The van der Waals surface area contributed by atoms with Gasteiger partial charge in [0.05, 0.1) is 6.54 Å². The van der Waals surface area contributed by atoms with E-state index in [1.807, 2.05) is 30.3 Å². The lowest BCUT2D eigenvalue weighted by atomic mass is 10.00. The van der Waals surface area contributed by atoms with E-state index in [2.05, 4.69) is 24.3 Å². The minimum atomic E-state index is -0.126. The van der Waals surface area contributed by atoms with E-state index >= 15 is 0 Å². The van der Waals surface area contributed by atoms with Crippen molar-refractivity contribution in [3.05, 3.63) is 99.6 Å². The SMILES string of the molecule is O=c1cc(C[NH+]2CCc3ccccc3C2)occ1OCc1ccccc1. The number of quaternary nitrogens is 1. The van der Waals surface area contributed by atoms with Gasteiger partial charge in [-0.25, -0.2) is 0 Å². The fraction of sp³-hybridized carbons (Fsp3) is 0.227. The van der Waals surface area contributed by atoms with Gasteiger partial charge in [-0.15, -0.1) is 0 Å². The molecule has 4 heteroatoms. The Morgan fingerprint density at radius 3 is 2.58 bits per heavy atom. The van der Waals surface area contributed by atoms with Crippen molar-refractivity contribution in [1.29, 1.82) is 0 Å². The topological polar surface area (TPSA) is 43.9 Å². The Morgan fingerprint density at radius 1 is 1.00 bits per heavy atom. The van der Waals surface area contributed by atoms with Crippen LogP contribution in [-0.4, -0.2) is 6.54 Å². The second kappa shape index (κ2) is 7.58. The summed E-state index contributed by atoms with van der Waals surface area (Å²) in [5, 5.41) is 0. The average molecular weight is 348 g/mol. The molecule has 132 valence electrons. The molecule has 2 aromatic carbocycles. The molecule has 3 aromatic rings. The molecule has 26 heavy (non-hydrogen) atoms. The molecule has 4 nitrogen and oxygen atoms in total. The minimum Gasteiger partial charge on any atom is -0.482 e. The zero-order valence-electron chi connectivity index (χ0n) is 14.6. The summed E-state index contributed by atoms with van der Waals surface area (Å²) < 4.78 is 11.3. The number of fused-ring (bicyclic) bond motifs is 1. The number of benzene rings is 2. The van der Waals surface area contributed by atoms with Gasteiger partial charge in [0.15, 0.2) is 5.76 Å². The number of hydrogen-bond donors (Lipinski definition) is 1. The largest absolute Gasteiger partial charge is 0.482 e. The molecule has 0 saturated carbocycles. The fourth-order valence-electron chi connectivity index (χ4n) is 3.41. The van der Waals surface area contributed by atoms with Crippen LogP contribution in [0, 0.1) is 0 Å². The van der Waals surface area contributed by atoms with Gasteiger partial charge in [0, 0.05) is 18.1 Å². The molecule has 0 saturated heterocycles. The summed E-state index contributed by atoms with van der Waals surface area (Å²) in [6, 6.07) is 19.9. The highest BCUT2D eigenvalue weighted by Crippen LogP contribution is 2.12. The Labute approximate surface area is 152 Å². The van der Waals surface area contributed by atoms with Gasteiger partial charge in [-0.05, 0) is 11.1 Å². The van der Waals surface area contributed by atoms with Crippen molar-refractivity contribution in [2.24, 2.45) is 0 Å². The summed E-state index contributed by atoms with van der Waals surface area (Å²) >= 11 is 0. The van der Waals surface area contributed by atoms with Crippen molar-refractivity contribution in [1.82, 2.24) is 0 Å². The lowest BCUT2D eigenvalue weighted by Gasteiger charge is -2.25. The van der Waals surface area contributed by atoms with E-state index in [-0.39, 0.29) is 11.2 Å². The molecule has 1 aromatic heterocycles. The monoisotopic (exact) mass is 348 g/mol. The first kappa shape index (κ1) is 16.6. The molecule has 1 aliphatic heterocycles. The lowest BCUT2D eigenvalue weighted by Crippen LogP contribution is -3.10. The van der Waals surface area contributed by atoms with Crippen molar-refractivity contribution >= 4 is 0 Å². The molecular formula is C22H22NO3+. The van der Waals surface area contributed by atoms with Crippen LogP contribution in [0.5, 0.6) is 5.75 Å². The Bertz CT molecular complexity index is 933. The lowest BCUT2D eigenvalue weighted by molar-refractivity contribution is -0.930. The second-order valence-electron chi connectivity index (χ2n) is 6.72. The molecule has 1 atom stereocenters. The minimum absolute atomic E-state index is 0.126. The van der Waals surface area contributed by atoms with Crippen LogP contribution in [0.1, 0.15) is 22.5 Å². The number of hydrogen-bond acceptors (Lipinski definition) is 3. The van der Waals surface area contributed by atoms with E-state index in [0.29, 0.717) is 18.9 Å². The van der Waals surface area contributed by atoms with Gasteiger partial charge in [-0.2, -0.15) is 0 Å². The summed E-state index contributed by atoms with van der Waals surface area (Å²) in [5.74, 6) is 0.966. The smallest absolute Gasteiger partial charge is 0.227 e. The summed E-state index contributed by atoms with van der Waals surface area (Å²) in [7, 11) is 0. The quantitative estimate of drug-likeness (QED) is 0.770. The molecule has 0 radical (unpaired) electrons. The predicted molar refractivity (Wildman–Crippen MR) is 99.1 cm³/mol. The van der Waals surface area contributed by atoms with Crippen molar-refractivity contribution < 1.29 is 14.1 Å². The predicted octanol–water partition coefficient (Wildman–Crippen LogP) is 2.36. The normalized spacial score (nSPS) is 16.1. The number of nitrogens with one attached hydrogen (secondary N) is 1. The van der Waals surface area contributed by atoms with E-state index in [1.54, 1.807) is 6.07 Å². The van der Waals surface area contributed by atoms with E-state index in [0.717, 1.165) is 25.1 Å². The zero-order valence-corrected chi connectivity index (χ0v) is 14.6. The number of ether oxygens (including phenoxy) is 1. The van der Waals surface area contributed by atoms with Crippen molar-refractivity contribution in [2.45, 2.75) is 26.1 Å². The molecule has 2 heterocycles. The third-order valence-electron chi connectivity index (χ3n) is 4.82. The average Bonchev–Trinajstić information content (AvgIpc) is 2.68. The van der Waals surface area contributed by atoms with E-state index in [1.165, 1.54) is 22.3 Å². The van der Waals surface area contributed by atoms with Crippen LogP contribution in [-0.2, 0) is 26.1 Å². The molecule has 1 N–H and O–H groups in total. The van der Waals surface area contributed by atoms with Crippen molar-refractivity contribution in [3.63, 3.8) is 0 Å². The van der Waals surface area contributed by atoms with Gasteiger partial charge in [-0.3, -0.25) is 4.79 Å². The highest BCUT2D eigenvalue weighted by Gasteiger charge is 2.20. The van der Waals surface area contributed by atoms with Crippen molar-refractivity contribution in [2.75, 3.05) is 6.54 Å². The van der Waals surface area contributed by atoms with Gasteiger partial charge in [0.2, 0.25) is 11.2 Å². The van der Waals surface area contributed by atoms with E-state index in [9.17, 15) is 4.79 Å². The van der Waals surface area contributed by atoms with E-state index < -0.39 is 0 Å². The molecular weight excluding hydrogens is 326 g/mol. The Hall–Kier alpha value is -2.85. The first-order chi connectivity index (χ1) is 12.8. The highest BCUT2D eigenvalue weighted by atomic mass is 16.5. The first-order valence-corrected chi connectivity index (χ1v) is 8.97. The Morgan fingerprint density at radius 2 is 1.77 bits per heavy atom. The van der Waals surface area contributed by atoms with Gasteiger partial charge < -0.3 is 14.1 Å². The van der Waals surface area contributed by atoms with Crippen LogP contribution in [0.2, 0.25) is 0 Å². The molecule has 0 aliphatic carbocycles.